The molecule has 1 saturated carbocycles. The van der Waals surface area contributed by atoms with Crippen LogP contribution in [0.2, 0.25) is 0 Å². The third-order valence-corrected chi connectivity index (χ3v) is 3.98. The molecule has 0 radical (unpaired) electrons. The molecule has 0 heterocycles. The molecule has 2 amide bonds. The fraction of sp³-hybridized carbons (Fsp3) is 0.500. The summed E-state index contributed by atoms with van der Waals surface area (Å²) in [6.45, 7) is 4.70. The molecule has 0 aliphatic heterocycles. The van der Waals surface area contributed by atoms with Gasteiger partial charge in [0.1, 0.15) is 23.2 Å². The molecule has 142 valence electrons. The molecule has 1 fully saturated rings. The highest BCUT2D eigenvalue weighted by atomic mass is 19.1. The molecule has 1 aromatic rings. The highest BCUT2D eigenvalue weighted by molar-refractivity contribution is 5.97. The minimum absolute atomic E-state index is 0.119. The zero-order chi connectivity index (χ0) is 19.4. The van der Waals surface area contributed by atoms with Crippen LogP contribution < -0.4 is 10.6 Å². The van der Waals surface area contributed by atoms with E-state index in [0.29, 0.717) is 0 Å². The molecule has 0 spiro atoms. The summed E-state index contributed by atoms with van der Waals surface area (Å²) in [5.74, 6) is -4.81. The molecule has 2 atom stereocenters. The van der Waals surface area contributed by atoms with E-state index < -0.39 is 53.0 Å². The van der Waals surface area contributed by atoms with Crippen molar-refractivity contribution in [3.8, 4) is 0 Å². The van der Waals surface area contributed by atoms with Crippen LogP contribution in [0.4, 0.5) is 8.78 Å². The molecule has 0 aromatic heterocycles. The Morgan fingerprint density at radius 3 is 2.19 bits per heavy atom. The normalized spacial score (nSPS) is 15.9. The maximum atomic E-state index is 13.7. The lowest BCUT2D eigenvalue weighted by Gasteiger charge is -2.23. The lowest BCUT2D eigenvalue weighted by molar-refractivity contribution is -0.157. The van der Waals surface area contributed by atoms with Gasteiger partial charge in [-0.05, 0) is 37.8 Å². The SMILES string of the molecule is CC(C)[C@H](NC(=O)c1c(F)cccc1F)C(=O)O[C@H](C)C(=O)NC1CC1. The van der Waals surface area contributed by atoms with Crippen molar-refractivity contribution in [2.45, 2.75) is 51.8 Å². The van der Waals surface area contributed by atoms with E-state index in [1.54, 1.807) is 13.8 Å². The van der Waals surface area contributed by atoms with Gasteiger partial charge in [-0.25, -0.2) is 13.6 Å². The summed E-state index contributed by atoms with van der Waals surface area (Å²) in [6.07, 6.45) is 0.753. The third-order valence-electron chi connectivity index (χ3n) is 3.98. The van der Waals surface area contributed by atoms with Gasteiger partial charge < -0.3 is 15.4 Å². The Labute approximate surface area is 150 Å². The summed E-state index contributed by atoms with van der Waals surface area (Å²) in [5.41, 5.74) is -0.773. The Balaban J connectivity index is 2.04. The second kappa shape index (κ2) is 8.25. The second-order valence-electron chi connectivity index (χ2n) is 6.65. The first-order chi connectivity index (χ1) is 12.2. The van der Waals surface area contributed by atoms with Crippen molar-refractivity contribution >= 4 is 17.8 Å². The summed E-state index contributed by atoms with van der Waals surface area (Å²) in [5, 5.41) is 4.99. The van der Waals surface area contributed by atoms with Gasteiger partial charge in [-0.1, -0.05) is 19.9 Å². The van der Waals surface area contributed by atoms with Crippen LogP contribution in [0.15, 0.2) is 18.2 Å². The van der Waals surface area contributed by atoms with Crippen LogP contribution in [0.25, 0.3) is 0 Å². The highest BCUT2D eigenvalue weighted by Crippen LogP contribution is 2.19. The van der Waals surface area contributed by atoms with Crippen molar-refractivity contribution in [1.29, 1.82) is 0 Å². The van der Waals surface area contributed by atoms with E-state index in [4.69, 9.17) is 4.74 Å². The van der Waals surface area contributed by atoms with E-state index >= 15 is 0 Å². The van der Waals surface area contributed by atoms with Crippen molar-refractivity contribution in [3.05, 3.63) is 35.4 Å². The zero-order valence-corrected chi connectivity index (χ0v) is 14.8. The fourth-order valence-corrected chi connectivity index (χ4v) is 2.27. The van der Waals surface area contributed by atoms with E-state index in [-0.39, 0.29) is 6.04 Å². The number of hydrogen-bond acceptors (Lipinski definition) is 4. The molecule has 1 aromatic carbocycles. The van der Waals surface area contributed by atoms with Gasteiger partial charge in [-0.15, -0.1) is 0 Å². The topological polar surface area (TPSA) is 84.5 Å². The van der Waals surface area contributed by atoms with Gasteiger partial charge in [0, 0.05) is 6.04 Å². The molecule has 0 unspecified atom stereocenters. The molecule has 2 N–H and O–H groups in total. The number of ether oxygens (including phenoxy) is 1. The zero-order valence-electron chi connectivity index (χ0n) is 14.8. The summed E-state index contributed by atoms with van der Waals surface area (Å²) < 4.78 is 32.6. The Hall–Kier alpha value is -2.51. The van der Waals surface area contributed by atoms with E-state index in [1.807, 2.05) is 0 Å². The molecule has 0 saturated heterocycles. The quantitative estimate of drug-likeness (QED) is 0.721. The molecule has 1 aliphatic carbocycles. The molecule has 8 heteroatoms. The molecule has 6 nitrogen and oxygen atoms in total. The summed E-state index contributed by atoms with van der Waals surface area (Å²) >= 11 is 0. The number of esters is 1. The Bertz CT molecular complexity index is 684. The molecular formula is C18H22F2N2O4. The predicted octanol–water partition coefficient (Wildman–Crippen LogP) is 1.93. The van der Waals surface area contributed by atoms with Crippen LogP contribution in [0.5, 0.6) is 0 Å². The average molecular weight is 368 g/mol. The molecule has 2 rings (SSSR count). The summed E-state index contributed by atoms with van der Waals surface area (Å²) in [6, 6.07) is 2.00. The van der Waals surface area contributed by atoms with Crippen LogP contribution in [-0.2, 0) is 14.3 Å². The largest absolute Gasteiger partial charge is 0.451 e. The molecule has 0 bridgehead atoms. The minimum atomic E-state index is -1.15. The van der Waals surface area contributed by atoms with E-state index in [2.05, 4.69) is 10.6 Å². The van der Waals surface area contributed by atoms with Crippen molar-refractivity contribution in [2.24, 2.45) is 5.92 Å². The van der Waals surface area contributed by atoms with Crippen LogP contribution in [-0.4, -0.2) is 36.0 Å². The van der Waals surface area contributed by atoms with Gasteiger partial charge in [-0.3, -0.25) is 9.59 Å². The molecule has 1 aliphatic rings. The number of benzene rings is 1. The Kier molecular flexibility index (Phi) is 6.28. The fourth-order valence-electron chi connectivity index (χ4n) is 2.27. The number of nitrogens with one attached hydrogen (secondary N) is 2. The maximum absolute atomic E-state index is 13.7. The number of carbonyl (C=O) groups excluding carboxylic acids is 3. The van der Waals surface area contributed by atoms with Crippen molar-refractivity contribution in [1.82, 2.24) is 10.6 Å². The number of amides is 2. The monoisotopic (exact) mass is 368 g/mol. The summed E-state index contributed by atoms with van der Waals surface area (Å²) in [7, 11) is 0. The van der Waals surface area contributed by atoms with E-state index in [1.165, 1.54) is 6.92 Å². The Morgan fingerprint density at radius 1 is 1.12 bits per heavy atom. The minimum Gasteiger partial charge on any atom is -0.451 e. The average Bonchev–Trinajstić information content (AvgIpc) is 3.35. The lowest BCUT2D eigenvalue weighted by Crippen LogP contribution is -2.48. The standard InChI is InChI=1S/C18H22F2N2O4/c1-9(2)15(18(25)26-10(3)16(23)21-11-7-8-11)22-17(24)14-12(19)5-4-6-13(14)20/h4-6,9-11,15H,7-8H2,1-3H3,(H,21,23)(H,22,24)/t10-,15+/m1/s1. The van der Waals surface area contributed by atoms with Gasteiger partial charge in [0.15, 0.2) is 6.10 Å². The first kappa shape index (κ1) is 19.8. The Morgan fingerprint density at radius 2 is 1.69 bits per heavy atom. The summed E-state index contributed by atoms with van der Waals surface area (Å²) in [4.78, 5) is 36.4. The number of rotatable bonds is 7. The second-order valence-corrected chi connectivity index (χ2v) is 6.65. The van der Waals surface area contributed by atoms with Gasteiger partial charge in [-0.2, -0.15) is 0 Å². The highest BCUT2D eigenvalue weighted by Gasteiger charge is 2.32. The van der Waals surface area contributed by atoms with Gasteiger partial charge in [0.2, 0.25) is 0 Å². The van der Waals surface area contributed by atoms with Crippen LogP contribution >= 0.6 is 0 Å². The van der Waals surface area contributed by atoms with Crippen LogP contribution in [0.3, 0.4) is 0 Å². The van der Waals surface area contributed by atoms with Gasteiger partial charge in [0.25, 0.3) is 11.8 Å². The molecular weight excluding hydrogens is 346 g/mol. The van der Waals surface area contributed by atoms with Gasteiger partial charge in [0.05, 0.1) is 0 Å². The predicted molar refractivity (Wildman–Crippen MR) is 89.2 cm³/mol. The number of hydrogen-bond donors (Lipinski definition) is 2. The number of halogens is 2. The first-order valence-electron chi connectivity index (χ1n) is 8.46. The van der Waals surface area contributed by atoms with Gasteiger partial charge >= 0.3 is 5.97 Å². The third kappa shape index (κ3) is 5.00. The lowest BCUT2D eigenvalue weighted by atomic mass is 10.0. The van der Waals surface area contributed by atoms with Crippen molar-refractivity contribution in [3.63, 3.8) is 0 Å². The van der Waals surface area contributed by atoms with E-state index in [0.717, 1.165) is 31.0 Å². The smallest absolute Gasteiger partial charge is 0.329 e. The number of carbonyl (C=O) groups is 3. The van der Waals surface area contributed by atoms with Crippen molar-refractivity contribution in [2.75, 3.05) is 0 Å². The maximum Gasteiger partial charge on any atom is 0.329 e. The van der Waals surface area contributed by atoms with Crippen LogP contribution in [0.1, 0.15) is 44.0 Å². The van der Waals surface area contributed by atoms with E-state index in [9.17, 15) is 23.2 Å². The van der Waals surface area contributed by atoms with Crippen molar-refractivity contribution < 1.29 is 27.9 Å². The molecule has 26 heavy (non-hydrogen) atoms. The van der Waals surface area contributed by atoms with Crippen LogP contribution in [0, 0.1) is 17.6 Å². The first-order valence-corrected chi connectivity index (χ1v) is 8.46.